The number of ether oxygens (including phenoxy) is 2. The highest BCUT2D eigenvalue weighted by atomic mass is 35.5. The molecule has 2 N–H and O–H groups in total. The summed E-state index contributed by atoms with van der Waals surface area (Å²) in [7, 11) is 3.12. The predicted octanol–water partition coefficient (Wildman–Crippen LogP) is 5.30. The molecule has 4 rings (SSSR count). The van der Waals surface area contributed by atoms with E-state index in [0.717, 1.165) is 16.9 Å². The molecule has 0 fully saturated rings. The molecule has 2 aliphatic rings. The van der Waals surface area contributed by atoms with Gasteiger partial charge in [0.1, 0.15) is 5.82 Å². The summed E-state index contributed by atoms with van der Waals surface area (Å²) in [6, 6.07) is 15.0. The number of halogens is 1. The molecule has 0 aromatic heterocycles. The minimum atomic E-state index is -0.586. The molecule has 1 aliphatic heterocycles. The molecule has 2 aromatic rings. The first-order chi connectivity index (χ1) is 15.7. The van der Waals surface area contributed by atoms with Crippen LogP contribution in [0.5, 0.6) is 11.5 Å². The molecule has 1 aliphatic carbocycles. The molecule has 0 unspecified atom stereocenters. The summed E-state index contributed by atoms with van der Waals surface area (Å²) in [5, 5.41) is 10.8. The lowest BCUT2D eigenvalue weighted by Crippen LogP contribution is -2.42. The zero-order chi connectivity index (χ0) is 23.9. The van der Waals surface area contributed by atoms with Crippen LogP contribution < -0.4 is 20.1 Å². The van der Waals surface area contributed by atoms with E-state index in [-0.39, 0.29) is 11.2 Å². The van der Waals surface area contributed by atoms with Crippen LogP contribution in [0.15, 0.2) is 65.1 Å². The Labute approximate surface area is 198 Å². The van der Waals surface area contributed by atoms with E-state index >= 15 is 0 Å². The molecular weight excluding hydrogens is 438 g/mol. The molecule has 170 valence electrons. The highest BCUT2D eigenvalue weighted by Gasteiger charge is 2.44. The van der Waals surface area contributed by atoms with Crippen molar-refractivity contribution in [3.63, 3.8) is 0 Å². The largest absolute Gasteiger partial charge is 0.493 e. The van der Waals surface area contributed by atoms with Gasteiger partial charge in [-0.15, -0.1) is 0 Å². The van der Waals surface area contributed by atoms with Gasteiger partial charge >= 0.3 is 0 Å². The topological polar surface area (TPSA) is 88.6 Å². The number of nitriles is 1. The molecule has 1 heterocycles. The third kappa shape index (κ3) is 3.94. The second-order valence-electron chi connectivity index (χ2n) is 9.07. The Bertz CT molecular complexity index is 1220. The number of benzene rings is 2. The fourth-order valence-corrected chi connectivity index (χ4v) is 4.89. The number of carbonyl (C=O) groups is 1. The van der Waals surface area contributed by atoms with Crippen LogP contribution in [0.25, 0.3) is 0 Å². The van der Waals surface area contributed by atoms with Gasteiger partial charge in [0.25, 0.3) is 0 Å². The summed E-state index contributed by atoms with van der Waals surface area (Å²) in [5.41, 5.74) is 9.65. The van der Waals surface area contributed by atoms with Crippen LogP contribution in [0.1, 0.15) is 38.2 Å². The van der Waals surface area contributed by atoms with E-state index in [4.69, 9.17) is 26.8 Å². The average molecular weight is 464 g/mol. The fraction of sp³-hybridized carbons (Fsp3) is 0.308. The van der Waals surface area contributed by atoms with Crippen molar-refractivity contribution in [2.75, 3.05) is 19.1 Å². The number of Topliss-reactive ketones (excluding diaryl/α,β-unsaturated/α-hetero) is 1. The number of methoxy groups -OCH3 is 2. The maximum Gasteiger partial charge on any atom is 0.162 e. The van der Waals surface area contributed by atoms with E-state index in [0.29, 0.717) is 46.3 Å². The molecular formula is C26H26ClN3O3. The van der Waals surface area contributed by atoms with Gasteiger partial charge in [0, 0.05) is 28.4 Å². The van der Waals surface area contributed by atoms with Crippen molar-refractivity contribution in [3.05, 3.63) is 75.7 Å². The number of carbonyl (C=O) groups excluding carboxylic acids is 1. The van der Waals surface area contributed by atoms with Crippen LogP contribution in [0.3, 0.4) is 0 Å². The smallest absolute Gasteiger partial charge is 0.162 e. The fourth-order valence-electron chi connectivity index (χ4n) is 4.76. The number of allylic oxidation sites excluding steroid dienone is 3. The summed E-state index contributed by atoms with van der Waals surface area (Å²) < 4.78 is 10.8. The van der Waals surface area contributed by atoms with Gasteiger partial charge in [-0.25, -0.2) is 0 Å². The van der Waals surface area contributed by atoms with Crippen molar-refractivity contribution in [2.45, 2.75) is 32.6 Å². The zero-order valence-corrected chi connectivity index (χ0v) is 19.9. The van der Waals surface area contributed by atoms with E-state index in [1.807, 2.05) is 29.2 Å². The van der Waals surface area contributed by atoms with Crippen LogP contribution in [-0.2, 0) is 4.79 Å². The first-order valence-corrected chi connectivity index (χ1v) is 11.0. The maximum atomic E-state index is 13.6. The lowest BCUT2D eigenvalue weighted by Gasteiger charge is -2.43. The Morgan fingerprint density at radius 3 is 2.36 bits per heavy atom. The molecule has 7 heteroatoms. The molecule has 0 bridgehead atoms. The maximum absolute atomic E-state index is 13.6. The van der Waals surface area contributed by atoms with Crippen LogP contribution in [0.4, 0.5) is 5.69 Å². The average Bonchev–Trinajstić information content (AvgIpc) is 2.78. The second-order valence-corrected chi connectivity index (χ2v) is 9.51. The molecule has 0 saturated heterocycles. The molecule has 2 aromatic carbocycles. The SMILES string of the molecule is COc1ccc([C@H]2C(C#N)=C(N)N(c3ccc(Cl)cc3)C3=C2C(=O)CC(C)(C)C3)cc1OC. The summed E-state index contributed by atoms with van der Waals surface area (Å²) in [6.07, 6.45) is 1.03. The van der Waals surface area contributed by atoms with Crippen molar-refractivity contribution in [1.29, 1.82) is 5.26 Å². The van der Waals surface area contributed by atoms with Crippen molar-refractivity contribution >= 4 is 23.1 Å². The van der Waals surface area contributed by atoms with Crippen molar-refractivity contribution in [1.82, 2.24) is 0 Å². The van der Waals surface area contributed by atoms with Gasteiger partial charge in [0.05, 0.1) is 31.8 Å². The lowest BCUT2D eigenvalue weighted by molar-refractivity contribution is -0.118. The Kier molecular flexibility index (Phi) is 5.85. The lowest BCUT2D eigenvalue weighted by atomic mass is 9.68. The Morgan fingerprint density at radius 2 is 1.76 bits per heavy atom. The normalized spacial score (nSPS) is 19.8. The van der Waals surface area contributed by atoms with E-state index in [1.165, 1.54) is 0 Å². The van der Waals surface area contributed by atoms with Crippen molar-refractivity contribution in [3.8, 4) is 17.6 Å². The summed E-state index contributed by atoms with van der Waals surface area (Å²) in [4.78, 5) is 15.4. The first kappa shape index (κ1) is 22.8. The van der Waals surface area contributed by atoms with Crippen LogP contribution in [0, 0.1) is 16.7 Å². The minimum Gasteiger partial charge on any atom is -0.493 e. The number of ketones is 1. The minimum absolute atomic E-state index is 0.0141. The van der Waals surface area contributed by atoms with Gasteiger partial charge in [0.15, 0.2) is 17.3 Å². The highest BCUT2D eigenvalue weighted by Crippen LogP contribution is 2.50. The van der Waals surface area contributed by atoms with Crippen molar-refractivity contribution in [2.24, 2.45) is 11.1 Å². The number of nitrogens with zero attached hydrogens (tertiary/aromatic N) is 2. The second kappa shape index (κ2) is 8.49. The number of nitrogens with two attached hydrogens (primary N) is 1. The Morgan fingerprint density at radius 1 is 1.09 bits per heavy atom. The quantitative estimate of drug-likeness (QED) is 0.662. The molecule has 0 amide bonds. The van der Waals surface area contributed by atoms with Gasteiger partial charge in [-0.3, -0.25) is 9.69 Å². The van der Waals surface area contributed by atoms with Gasteiger partial charge in [-0.05, 0) is 53.8 Å². The predicted molar refractivity (Wildman–Crippen MR) is 128 cm³/mol. The molecule has 33 heavy (non-hydrogen) atoms. The van der Waals surface area contributed by atoms with E-state index in [2.05, 4.69) is 19.9 Å². The number of hydrogen-bond acceptors (Lipinski definition) is 6. The van der Waals surface area contributed by atoms with E-state index in [9.17, 15) is 10.1 Å². The molecule has 0 radical (unpaired) electrons. The van der Waals surface area contributed by atoms with Crippen LogP contribution in [0.2, 0.25) is 5.02 Å². The summed E-state index contributed by atoms with van der Waals surface area (Å²) in [6.45, 7) is 4.14. The standard InChI is InChI=1S/C26H26ClN3O3/c1-26(2)12-19-24(20(31)13-26)23(15-5-10-21(32-3)22(11-15)33-4)18(14-28)25(29)30(19)17-8-6-16(27)7-9-17/h5-11,23H,12-13,29H2,1-4H3/t23-/m0/s1. The van der Waals surface area contributed by atoms with Gasteiger partial charge < -0.3 is 15.2 Å². The molecule has 6 nitrogen and oxygen atoms in total. The molecule has 0 spiro atoms. The number of anilines is 1. The van der Waals surface area contributed by atoms with Crippen molar-refractivity contribution < 1.29 is 14.3 Å². The van der Waals surface area contributed by atoms with E-state index < -0.39 is 5.92 Å². The monoisotopic (exact) mass is 463 g/mol. The van der Waals surface area contributed by atoms with Crippen LogP contribution >= 0.6 is 11.6 Å². The Hall–Kier alpha value is -3.43. The summed E-state index contributed by atoms with van der Waals surface area (Å²) >= 11 is 6.10. The van der Waals surface area contributed by atoms with Gasteiger partial charge in [-0.1, -0.05) is 31.5 Å². The highest BCUT2D eigenvalue weighted by molar-refractivity contribution is 6.30. The molecule has 1 atom stereocenters. The number of rotatable bonds is 4. The molecule has 0 saturated carbocycles. The van der Waals surface area contributed by atoms with Gasteiger partial charge in [-0.2, -0.15) is 5.26 Å². The third-order valence-corrected chi connectivity index (χ3v) is 6.46. The van der Waals surface area contributed by atoms with Gasteiger partial charge in [0.2, 0.25) is 0 Å². The van der Waals surface area contributed by atoms with Crippen LogP contribution in [-0.4, -0.2) is 20.0 Å². The van der Waals surface area contributed by atoms with E-state index in [1.54, 1.807) is 32.4 Å². The third-order valence-electron chi connectivity index (χ3n) is 6.21. The number of hydrogen-bond donors (Lipinski definition) is 1. The first-order valence-electron chi connectivity index (χ1n) is 10.6. The zero-order valence-electron chi connectivity index (χ0n) is 19.1. The Balaban J connectivity index is 1.98. The summed E-state index contributed by atoms with van der Waals surface area (Å²) in [5.74, 6) is 0.832.